The van der Waals surface area contributed by atoms with Crippen molar-refractivity contribution in [2.75, 3.05) is 20.2 Å². The van der Waals surface area contributed by atoms with Gasteiger partial charge in [0.25, 0.3) is 11.7 Å². The van der Waals surface area contributed by atoms with Crippen LogP contribution in [-0.4, -0.2) is 53.5 Å². The first-order valence-corrected chi connectivity index (χ1v) is 9.75. The van der Waals surface area contributed by atoms with Crippen LogP contribution in [0.15, 0.2) is 28.7 Å². The summed E-state index contributed by atoms with van der Waals surface area (Å²) in [5, 5.41) is 0. The number of hydrogen-bond acceptors (Lipinski definition) is 7. The smallest absolute Gasteiger partial charge is 0.375 e. The maximum absolute atomic E-state index is 13.0. The Kier molecular flexibility index (Phi) is 8.06. The van der Waals surface area contributed by atoms with Gasteiger partial charge in [-0.15, -0.1) is 0 Å². The van der Waals surface area contributed by atoms with Crippen molar-refractivity contribution in [1.82, 2.24) is 9.88 Å². The fraction of sp³-hybridized carbons (Fsp3) is 0.476. The number of oxazole rings is 1. The van der Waals surface area contributed by atoms with Crippen molar-refractivity contribution < 1.29 is 28.3 Å². The Balaban J connectivity index is 2.40. The second-order valence-corrected chi connectivity index (χ2v) is 6.67. The molecular weight excluding hydrogens is 376 g/mol. The van der Waals surface area contributed by atoms with Crippen LogP contribution >= 0.6 is 0 Å². The molecule has 2 rings (SSSR count). The number of aromatic nitrogens is 1. The van der Waals surface area contributed by atoms with Crippen molar-refractivity contribution in [3.8, 4) is 0 Å². The fourth-order valence-corrected chi connectivity index (χ4v) is 2.87. The van der Waals surface area contributed by atoms with Gasteiger partial charge >= 0.3 is 5.97 Å². The van der Waals surface area contributed by atoms with Gasteiger partial charge < -0.3 is 14.1 Å². The predicted molar refractivity (Wildman–Crippen MR) is 105 cm³/mol. The Morgan fingerprint density at radius 3 is 2.21 bits per heavy atom. The number of rotatable bonds is 11. The lowest BCUT2D eigenvalue weighted by Gasteiger charge is -2.22. The third-order valence-corrected chi connectivity index (χ3v) is 4.53. The summed E-state index contributed by atoms with van der Waals surface area (Å²) < 4.78 is 10.0. The third-order valence-electron chi connectivity index (χ3n) is 4.53. The number of nitrogens with zero attached hydrogens (tertiary/aromatic N) is 2. The number of fused-ring (bicyclic) bond motifs is 1. The molecule has 0 aliphatic heterocycles. The number of unbranched alkanes of at least 4 members (excludes halogenated alkanes) is 2. The van der Waals surface area contributed by atoms with Crippen LogP contribution < -0.4 is 0 Å². The van der Waals surface area contributed by atoms with E-state index in [2.05, 4.69) is 9.72 Å². The predicted octanol–water partition coefficient (Wildman–Crippen LogP) is 2.65. The monoisotopic (exact) mass is 402 g/mol. The fourth-order valence-electron chi connectivity index (χ4n) is 2.87. The summed E-state index contributed by atoms with van der Waals surface area (Å²) >= 11 is 0. The summed E-state index contributed by atoms with van der Waals surface area (Å²) in [5.41, 5.74) is 0.762. The van der Waals surface area contributed by atoms with E-state index in [9.17, 15) is 19.2 Å². The molecule has 29 heavy (non-hydrogen) atoms. The lowest BCUT2D eigenvalue weighted by atomic mass is 9.97. The second-order valence-electron chi connectivity index (χ2n) is 6.67. The Morgan fingerprint density at radius 2 is 1.66 bits per heavy atom. The van der Waals surface area contributed by atoms with Gasteiger partial charge in [-0.25, -0.2) is 9.78 Å². The van der Waals surface area contributed by atoms with Crippen molar-refractivity contribution in [3.63, 3.8) is 0 Å². The van der Waals surface area contributed by atoms with Gasteiger partial charge in [0, 0.05) is 13.1 Å². The van der Waals surface area contributed by atoms with Crippen molar-refractivity contribution in [2.24, 2.45) is 0 Å². The van der Waals surface area contributed by atoms with Gasteiger partial charge in [0.05, 0.1) is 7.11 Å². The van der Waals surface area contributed by atoms with E-state index in [1.54, 1.807) is 24.3 Å². The number of amides is 1. The minimum Gasteiger partial charge on any atom is -0.463 e. The summed E-state index contributed by atoms with van der Waals surface area (Å²) in [7, 11) is 1.03. The molecule has 0 saturated carbocycles. The zero-order valence-corrected chi connectivity index (χ0v) is 17.0. The SMILES string of the molecule is CCCCN(CCCC)C(=O)C(=O)[C@@H](C(=O)C(=O)OC)c1nc2ccccc2o1. The minimum atomic E-state index is -1.77. The molecule has 8 nitrogen and oxygen atoms in total. The zero-order chi connectivity index (χ0) is 21.4. The first-order chi connectivity index (χ1) is 13.9. The summed E-state index contributed by atoms with van der Waals surface area (Å²) in [6, 6.07) is 6.68. The van der Waals surface area contributed by atoms with Crippen LogP contribution in [0.5, 0.6) is 0 Å². The first-order valence-electron chi connectivity index (χ1n) is 9.75. The molecule has 1 aromatic heterocycles. The third kappa shape index (κ3) is 5.28. The van der Waals surface area contributed by atoms with Crippen molar-refractivity contribution >= 4 is 34.5 Å². The molecule has 0 bridgehead atoms. The molecule has 2 aromatic rings. The summed E-state index contributed by atoms with van der Waals surface area (Å²) in [5.74, 6) is -6.33. The number of hydrogen-bond donors (Lipinski definition) is 0. The molecule has 1 atom stereocenters. The topological polar surface area (TPSA) is 107 Å². The number of methoxy groups -OCH3 is 1. The van der Waals surface area contributed by atoms with E-state index in [-0.39, 0.29) is 5.89 Å². The van der Waals surface area contributed by atoms with Crippen LogP contribution in [-0.2, 0) is 23.9 Å². The molecule has 8 heteroatoms. The average molecular weight is 402 g/mol. The van der Waals surface area contributed by atoms with E-state index in [1.165, 1.54) is 4.90 Å². The highest BCUT2D eigenvalue weighted by molar-refractivity contribution is 6.50. The van der Waals surface area contributed by atoms with Gasteiger partial charge in [-0.2, -0.15) is 0 Å². The normalized spacial score (nSPS) is 11.8. The maximum Gasteiger partial charge on any atom is 0.375 e. The van der Waals surface area contributed by atoms with Crippen LogP contribution in [0.25, 0.3) is 11.1 Å². The molecule has 1 amide bonds. The van der Waals surface area contributed by atoms with Crippen LogP contribution in [0.3, 0.4) is 0 Å². The average Bonchev–Trinajstić information content (AvgIpc) is 3.16. The highest BCUT2D eigenvalue weighted by Crippen LogP contribution is 2.24. The maximum atomic E-state index is 13.0. The molecule has 156 valence electrons. The Labute approximate surface area is 169 Å². The number of ether oxygens (including phenoxy) is 1. The molecule has 0 fully saturated rings. The van der Waals surface area contributed by atoms with Gasteiger partial charge in [0.2, 0.25) is 11.7 Å². The molecule has 0 N–H and O–H groups in total. The van der Waals surface area contributed by atoms with Crippen LogP contribution in [0.4, 0.5) is 0 Å². The van der Waals surface area contributed by atoms with Gasteiger partial charge in [-0.3, -0.25) is 14.4 Å². The van der Waals surface area contributed by atoms with Crippen molar-refractivity contribution in [2.45, 2.75) is 45.4 Å². The lowest BCUT2D eigenvalue weighted by molar-refractivity contribution is -0.155. The van der Waals surface area contributed by atoms with Crippen LogP contribution in [0.2, 0.25) is 0 Å². The zero-order valence-electron chi connectivity index (χ0n) is 17.0. The molecule has 0 aliphatic carbocycles. The van der Waals surface area contributed by atoms with E-state index in [1.807, 2.05) is 13.8 Å². The van der Waals surface area contributed by atoms with Gasteiger partial charge in [-0.05, 0) is 25.0 Å². The second kappa shape index (κ2) is 10.5. The molecule has 0 unspecified atom stereocenters. The largest absolute Gasteiger partial charge is 0.463 e. The molecule has 0 radical (unpaired) electrons. The highest BCUT2D eigenvalue weighted by Gasteiger charge is 2.42. The number of carbonyl (C=O) groups excluding carboxylic acids is 4. The number of benzene rings is 1. The van der Waals surface area contributed by atoms with E-state index < -0.39 is 29.4 Å². The van der Waals surface area contributed by atoms with Gasteiger partial charge in [0.1, 0.15) is 5.52 Å². The van der Waals surface area contributed by atoms with E-state index in [0.717, 1.165) is 32.8 Å². The highest BCUT2D eigenvalue weighted by atomic mass is 16.5. The molecule has 1 aromatic carbocycles. The number of ketones is 2. The van der Waals surface area contributed by atoms with Gasteiger partial charge in [-0.1, -0.05) is 38.8 Å². The standard InChI is InChI=1S/C21H26N2O6/c1-4-6-12-23(13-7-5-2)20(26)17(24)16(18(25)21(27)28-3)19-22-14-10-8-9-11-15(14)29-19/h8-11,16H,4-7,12-13H2,1-3H3/t16-/m0/s1. The number of Topliss-reactive ketones (excluding diaryl/α,β-unsaturated/α-hetero) is 2. The Morgan fingerprint density at radius 1 is 1.03 bits per heavy atom. The van der Waals surface area contributed by atoms with Crippen LogP contribution in [0, 0.1) is 0 Å². The molecule has 0 aliphatic rings. The first kappa shape index (κ1) is 22.3. The Bertz CT molecular complexity index is 847. The van der Waals surface area contributed by atoms with E-state index in [0.29, 0.717) is 24.2 Å². The number of para-hydroxylation sites is 2. The summed E-state index contributed by atoms with van der Waals surface area (Å²) in [6.07, 6.45) is 3.14. The van der Waals surface area contributed by atoms with Crippen molar-refractivity contribution in [1.29, 1.82) is 0 Å². The molecular formula is C21H26N2O6. The summed E-state index contributed by atoms with van der Waals surface area (Å²) in [6.45, 7) is 4.75. The van der Waals surface area contributed by atoms with Gasteiger partial charge in [0.15, 0.2) is 11.5 Å². The van der Waals surface area contributed by atoms with E-state index >= 15 is 0 Å². The summed E-state index contributed by atoms with van der Waals surface area (Å²) in [4.78, 5) is 56.0. The Hall–Kier alpha value is -3.03. The minimum absolute atomic E-state index is 0.286. The number of carbonyl (C=O) groups is 4. The van der Waals surface area contributed by atoms with Crippen molar-refractivity contribution in [3.05, 3.63) is 30.2 Å². The molecule has 1 heterocycles. The quantitative estimate of drug-likeness (QED) is 0.323. The number of esters is 1. The van der Waals surface area contributed by atoms with Crippen LogP contribution in [0.1, 0.15) is 51.3 Å². The molecule has 0 saturated heterocycles. The molecule has 0 spiro atoms. The van der Waals surface area contributed by atoms with E-state index in [4.69, 9.17) is 4.42 Å². The lowest BCUT2D eigenvalue weighted by Crippen LogP contribution is -2.43.